The highest BCUT2D eigenvalue weighted by atomic mass is 35.5. The van der Waals surface area contributed by atoms with Crippen LogP contribution in [0.25, 0.3) is 17.3 Å². The third-order valence-corrected chi connectivity index (χ3v) is 4.90. The van der Waals surface area contributed by atoms with E-state index in [0.717, 1.165) is 22.6 Å². The fraction of sp³-hybridized carbons (Fsp3) is 0.136. The molecule has 0 aliphatic rings. The predicted octanol–water partition coefficient (Wildman–Crippen LogP) is 5.73. The lowest BCUT2D eigenvalue weighted by Gasteiger charge is -2.14. The van der Waals surface area contributed by atoms with Gasteiger partial charge in [-0.05, 0) is 67.4 Å². The van der Waals surface area contributed by atoms with Crippen LogP contribution in [0.15, 0.2) is 48.5 Å². The number of nitro groups is 1. The van der Waals surface area contributed by atoms with Crippen molar-refractivity contribution in [1.82, 2.24) is 4.57 Å². The van der Waals surface area contributed by atoms with Crippen LogP contribution in [0.2, 0.25) is 5.02 Å². The SMILES string of the molecule is COc1ccc(Cl)cc1-n1c(C)cc(/C=C(/C#N)c2ccc([N+](=O)[O-])cc2)c1C. The second kappa shape index (κ2) is 8.21. The average Bonchev–Trinajstić information content (AvgIpc) is 2.99. The Bertz CT molecular complexity index is 1160. The molecule has 1 aromatic heterocycles. The first-order valence-electron chi connectivity index (χ1n) is 8.75. The maximum atomic E-state index is 10.8. The molecule has 0 N–H and O–H groups in total. The number of benzene rings is 2. The Morgan fingerprint density at radius 1 is 1.21 bits per heavy atom. The van der Waals surface area contributed by atoms with Crippen molar-refractivity contribution < 1.29 is 9.66 Å². The number of aryl methyl sites for hydroxylation is 1. The number of halogens is 1. The molecule has 6 nitrogen and oxygen atoms in total. The van der Waals surface area contributed by atoms with Gasteiger partial charge in [-0.15, -0.1) is 0 Å². The van der Waals surface area contributed by atoms with E-state index in [1.54, 1.807) is 31.4 Å². The molecule has 7 heteroatoms. The molecule has 0 fully saturated rings. The molecule has 0 saturated carbocycles. The minimum atomic E-state index is -0.467. The van der Waals surface area contributed by atoms with Gasteiger partial charge in [-0.25, -0.2) is 0 Å². The van der Waals surface area contributed by atoms with Crippen LogP contribution in [0.4, 0.5) is 5.69 Å². The molecule has 3 rings (SSSR count). The Kier molecular flexibility index (Phi) is 5.71. The van der Waals surface area contributed by atoms with E-state index in [4.69, 9.17) is 16.3 Å². The standard InChI is InChI=1S/C22H18ClN3O3/c1-14-10-17(11-18(13-24)16-4-7-20(8-5-16)26(27)28)15(2)25(14)21-12-19(23)6-9-22(21)29-3/h4-12H,1-3H3/b18-11-. The number of nitrogens with zero attached hydrogens (tertiary/aromatic N) is 3. The number of hydrogen-bond acceptors (Lipinski definition) is 4. The van der Waals surface area contributed by atoms with E-state index < -0.39 is 4.92 Å². The molecule has 3 aromatic rings. The Balaban J connectivity index is 2.09. The van der Waals surface area contributed by atoms with Gasteiger partial charge in [0.15, 0.2) is 0 Å². The Labute approximate surface area is 173 Å². The quantitative estimate of drug-likeness (QED) is 0.307. The molecule has 29 heavy (non-hydrogen) atoms. The van der Waals surface area contributed by atoms with Gasteiger partial charge in [-0.1, -0.05) is 11.6 Å². The van der Waals surface area contributed by atoms with Crippen molar-refractivity contribution in [3.05, 3.63) is 86.2 Å². The number of ether oxygens (including phenoxy) is 1. The lowest BCUT2D eigenvalue weighted by Crippen LogP contribution is -2.02. The summed E-state index contributed by atoms with van der Waals surface area (Å²) in [7, 11) is 1.60. The topological polar surface area (TPSA) is 81.1 Å². The third-order valence-electron chi connectivity index (χ3n) is 4.66. The van der Waals surface area contributed by atoms with Gasteiger partial charge in [-0.3, -0.25) is 10.1 Å². The monoisotopic (exact) mass is 407 g/mol. The number of rotatable bonds is 5. The number of non-ortho nitro benzene ring substituents is 1. The Morgan fingerprint density at radius 3 is 2.48 bits per heavy atom. The molecule has 0 unspecified atom stereocenters. The summed E-state index contributed by atoms with van der Waals surface area (Å²) in [5, 5.41) is 21.1. The normalized spacial score (nSPS) is 11.2. The zero-order valence-corrected chi connectivity index (χ0v) is 16.9. The number of methoxy groups -OCH3 is 1. The summed E-state index contributed by atoms with van der Waals surface area (Å²) in [6.07, 6.45) is 1.77. The van der Waals surface area contributed by atoms with E-state index in [2.05, 4.69) is 6.07 Å². The van der Waals surface area contributed by atoms with Gasteiger partial charge in [0.25, 0.3) is 5.69 Å². The molecule has 2 aromatic carbocycles. The van der Waals surface area contributed by atoms with E-state index in [0.29, 0.717) is 21.9 Å². The molecule has 0 bridgehead atoms. The second-order valence-corrected chi connectivity index (χ2v) is 6.89. The summed E-state index contributed by atoms with van der Waals surface area (Å²) in [5.41, 5.74) is 4.55. The largest absolute Gasteiger partial charge is 0.495 e. The van der Waals surface area contributed by atoms with Crippen LogP contribution in [0.5, 0.6) is 5.75 Å². The molecular formula is C22H18ClN3O3. The fourth-order valence-electron chi connectivity index (χ4n) is 3.24. The highest BCUT2D eigenvalue weighted by Crippen LogP contribution is 2.32. The average molecular weight is 408 g/mol. The van der Waals surface area contributed by atoms with Crippen LogP contribution < -0.4 is 4.74 Å². The molecule has 0 saturated heterocycles. The molecule has 0 amide bonds. The van der Waals surface area contributed by atoms with E-state index >= 15 is 0 Å². The van der Waals surface area contributed by atoms with Crippen molar-refractivity contribution in [2.24, 2.45) is 0 Å². The van der Waals surface area contributed by atoms with E-state index in [9.17, 15) is 15.4 Å². The summed E-state index contributed by atoms with van der Waals surface area (Å²) < 4.78 is 7.49. The van der Waals surface area contributed by atoms with Crippen LogP contribution in [-0.2, 0) is 0 Å². The Hall–Kier alpha value is -3.56. The molecule has 0 aliphatic heterocycles. The van der Waals surface area contributed by atoms with Gasteiger partial charge in [0.1, 0.15) is 5.75 Å². The molecule has 0 spiro atoms. The molecule has 0 aliphatic carbocycles. The Morgan fingerprint density at radius 2 is 1.90 bits per heavy atom. The van der Waals surface area contributed by atoms with Crippen molar-refractivity contribution in [3.63, 3.8) is 0 Å². The van der Waals surface area contributed by atoms with Gasteiger partial charge in [0, 0.05) is 28.5 Å². The van der Waals surface area contributed by atoms with Gasteiger partial charge < -0.3 is 9.30 Å². The number of nitro benzene ring substituents is 1. The van der Waals surface area contributed by atoms with Crippen LogP contribution in [0.3, 0.4) is 0 Å². The maximum Gasteiger partial charge on any atom is 0.269 e. The molecular weight excluding hydrogens is 390 g/mol. The van der Waals surface area contributed by atoms with Crippen LogP contribution >= 0.6 is 11.6 Å². The first-order valence-corrected chi connectivity index (χ1v) is 9.13. The van der Waals surface area contributed by atoms with Crippen molar-refractivity contribution in [2.45, 2.75) is 13.8 Å². The van der Waals surface area contributed by atoms with Crippen LogP contribution in [0, 0.1) is 35.3 Å². The minimum absolute atomic E-state index is 0.0164. The zero-order chi connectivity index (χ0) is 21.1. The summed E-state index contributed by atoms with van der Waals surface area (Å²) in [4.78, 5) is 10.4. The summed E-state index contributed by atoms with van der Waals surface area (Å²) in [5.74, 6) is 0.683. The maximum absolute atomic E-state index is 10.8. The summed E-state index contributed by atoms with van der Waals surface area (Å²) in [6.45, 7) is 3.91. The van der Waals surface area contributed by atoms with Crippen molar-refractivity contribution >= 4 is 28.9 Å². The molecule has 0 atom stereocenters. The second-order valence-electron chi connectivity index (χ2n) is 6.45. The first kappa shape index (κ1) is 20.2. The van der Waals surface area contributed by atoms with Crippen molar-refractivity contribution in [1.29, 1.82) is 5.26 Å². The van der Waals surface area contributed by atoms with Gasteiger partial charge >= 0.3 is 0 Å². The van der Waals surface area contributed by atoms with Crippen LogP contribution in [0.1, 0.15) is 22.5 Å². The summed E-state index contributed by atoms with van der Waals surface area (Å²) in [6, 6.07) is 15.5. The van der Waals surface area contributed by atoms with Gasteiger partial charge in [0.05, 0.1) is 29.4 Å². The number of aromatic nitrogens is 1. The van der Waals surface area contributed by atoms with E-state index in [1.807, 2.05) is 36.6 Å². The highest BCUT2D eigenvalue weighted by Gasteiger charge is 2.15. The number of nitriles is 1. The third kappa shape index (κ3) is 4.00. The molecule has 0 radical (unpaired) electrons. The fourth-order valence-corrected chi connectivity index (χ4v) is 3.41. The van der Waals surface area contributed by atoms with E-state index in [-0.39, 0.29) is 5.69 Å². The predicted molar refractivity (Wildman–Crippen MR) is 113 cm³/mol. The summed E-state index contributed by atoms with van der Waals surface area (Å²) >= 11 is 6.19. The highest BCUT2D eigenvalue weighted by molar-refractivity contribution is 6.30. The van der Waals surface area contributed by atoms with Gasteiger partial charge in [0.2, 0.25) is 0 Å². The molecule has 146 valence electrons. The zero-order valence-electron chi connectivity index (χ0n) is 16.1. The van der Waals surface area contributed by atoms with E-state index in [1.165, 1.54) is 12.1 Å². The first-order chi connectivity index (χ1) is 13.8. The van der Waals surface area contributed by atoms with Crippen molar-refractivity contribution in [2.75, 3.05) is 7.11 Å². The van der Waals surface area contributed by atoms with Gasteiger partial charge in [-0.2, -0.15) is 5.26 Å². The lowest BCUT2D eigenvalue weighted by molar-refractivity contribution is -0.384. The smallest absolute Gasteiger partial charge is 0.269 e. The lowest BCUT2D eigenvalue weighted by atomic mass is 10.0. The molecule has 1 heterocycles. The number of hydrogen-bond donors (Lipinski definition) is 0. The van der Waals surface area contributed by atoms with Crippen molar-refractivity contribution in [3.8, 4) is 17.5 Å². The number of allylic oxidation sites excluding steroid dienone is 1. The van der Waals surface area contributed by atoms with Crippen LogP contribution in [-0.4, -0.2) is 16.6 Å². The minimum Gasteiger partial charge on any atom is -0.495 e.